The van der Waals surface area contributed by atoms with Crippen LogP contribution in [-0.4, -0.2) is 140 Å². The lowest BCUT2D eigenvalue weighted by Gasteiger charge is -2.46. The highest BCUT2D eigenvalue weighted by atomic mass is 16.7. The normalized spacial score (nSPS) is 25.8. The Morgan fingerprint density at radius 1 is 0.493 bits per heavy atom. The van der Waals surface area contributed by atoms with Gasteiger partial charge in [-0.2, -0.15) is 0 Å². The minimum atomic E-state index is -1.78. The molecular formula is C57H109NO13. The molecule has 2 saturated heterocycles. The van der Waals surface area contributed by atoms with Gasteiger partial charge in [-0.1, -0.05) is 238 Å². The van der Waals surface area contributed by atoms with Gasteiger partial charge in [0.1, 0.15) is 48.8 Å². The molecule has 14 heteroatoms. The van der Waals surface area contributed by atoms with E-state index in [0.29, 0.717) is 6.42 Å². The number of allylic oxidation sites excluding steroid dienone is 1. The van der Waals surface area contributed by atoms with Gasteiger partial charge in [0.15, 0.2) is 12.6 Å². The van der Waals surface area contributed by atoms with Crippen molar-refractivity contribution < 1.29 is 64.6 Å². The van der Waals surface area contributed by atoms with Gasteiger partial charge < -0.3 is 65.1 Å². The highest BCUT2D eigenvalue weighted by Crippen LogP contribution is 2.30. The molecule has 420 valence electrons. The molecule has 0 bridgehead atoms. The second-order valence-corrected chi connectivity index (χ2v) is 21.1. The number of carbonyl (C=O) groups is 1. The van der Waals surface area contributed by atoms with E-state index >= 15 is 0 Å². The molecule has 0 saturated carbocycles. The van der Waals surface area contributed by atoms with Gasteiger partial charge in [0.25, 0.3) is 0 Å². The molecule has 0 aliphatic carbocycles. The molecule has 0 radical (unpaired) electrons. The van der Waals surface area contributed by atoms with E-state index < -0.39 is 86.8 Å². The third-order valence-corrected chi connectivity index (χ3v) is 14.7. The van der Waals surface area contributed by atoms with Crippen molar-refractivity contribution in [3.8, 4) is 0 Å². The Bertz CT molecular complexity index is 1240. The first-order valence-corrected chi connectivity index (χ1v) is 29.4. The molecule has 12 atom stereocenters. The zero-order valence-electron chi connectivity index (χ0n) is 45.0. The van der Waals surface area contributed by atoms with E-state index in [4.69, 9.17) is 18.9 Å². The summed E-state index contributed by atoms with van der Waals surface area (Å²) in [7, 11) is 0. The first-order chi connectivity index (χ1) is 34.6. The second kappa shape index (κ2) is 43.9. The monoisotopic (exact) mass is 1020 g/mol. The van der Waals surface area contributed by atoms with Crippen LogP contribution >= 0.6 is 0 Å². The van der Waals surface area contributed by atoms with Crippen molar-refractivity contribution in [2.75, 3.05) is 19.8 Å². The lowest BCUT2D eigenvalue weighted by molar-refractivity contribution is -0.359. The van der Waals surface area contributed by atoms with E-state index in [1.807, 2.05) is 6.08 Å². The van der Waals surface area contributed by atoms with E-state index in [2.05, 4.69) is 19.2 Å². The summed E-state index contributed by atoms with van der Waals surface area (Å²) in [5, 5.41) is 86.5. The Morgan fingerprint density at radius 3 is 1.30 bits per heavy atom. The fourth-order valence-corrected chi connectivity index (χ4v) is 9.94. The zero-order valence-corrected chi connectivity index (χ0v) is 45.0. The van der Waals surface area contributed by atoms with Crippen LogP contribution < -0.4 is 5.32 Å². The Hall–Kier alpha value is -1.27. The van der Waals surface area contributed by atoms with Crippen LogP contribution in [0.25, 0.3) is 0 Å². The van der Waals surface area contributed by atoms with Crippen LogP contribution in [0.5, 0.6) is 0 Å². The Morgan fingerprint density at radius 2 is 0.873 bits per heavy atom. The largest absolute Gasteiger partial charge is 0.394 e. The number of ether oxygens (including phenoxy) is 4. The SMILES string of the molecule is CCCCCCCCCCCCCCCCCCCCCCCCCCCCCCCC/C=C/C(O)C(COC1OC(CO)C(OC2OC(CO)C(O)C(O)C2O)C(O)C1O)NC(=O)CCCCCCC. The molecule has 0 spiro atoms. The standard InChI is InChI=1S/C57H109NO13/c1-3-5-7-9-10-11-12-13-14-15-16-17-18-19-20-21-22-23-24-25-26-27-28-29-30-31-32-33-34-35-37-38-40-46(61)45(58-49(62)41-39-36-8-6-4-2)44-68-56-54(67)52(65)55(48(43-60)70-56)71-57-53(66)51(64)50(63)47(42-59)69-57/h38,40,45-48,50-57,59-61,63-67H,3-37,39,41-44H2,1-2H3,(H,58,62)/b40-38+. The lowest BCUT2D eigenvalue weighted by atomic mass is 9.97. The van der Waals surface area contributed by atoms with Crippen LogP contribution in [-0.2, 0) is 23.7 Å². The van der Waals surface area contributed by atoms with Gasteiger partial charge >= 0.3 is 0 Å². The molecule has 0 aromatic carbocycles. The molecule has 2 aliphatic rings. The van der Waals surface area contributed by atoms with Crippen molar-refractivity contribution in [2.45, 2.75) is 325 Å². The number of carbonyl (C=O) groups excluding carboxylic acids is 1. The molecule has 9 N–H and O–H groups in total. The lowest BCUT2D eigenvalue weighted by Crippen LogP contribution is -2.65. The molecule has 2 fully saturated rings. The molecule has 71 heavy (non-hydrogen) atoms. The van der Waals surface area contributed by atoms with Crippen LogP contribution in [0.3, 0.4) is 0 Å². The number of aliphatic hydroxyl groups is 8. The van der Waals surface area contributed by atoms with Crippen molar-refractivity contribution in [1.29, 1.82) is 0 Å². The van der Waals surface area contributed by atoms with E-state index in [1.54, 1.807) is 6.08 Å². The summed E-state index contributed by atoms with van der Waals surface area (Å²) in [6, 6.07) is -0.906. The zero-order chi connectivity index (χ0) is 51.7. The average Bonchev–Trinajstić information content (AvgIpc) is 3.37. The second-order valence-electron chi connectivity index (χ2n) is 21.1. The fraction of sp³-hybridized carbons (Fsp3) is 0.947. The molecule has 2 rings (SSSR count). The minimum Gasteiger partial charge on any atom is -0.394 e. The predicted octanol–water partition coefficient (Wildman–Crippen LogP) is 9.50. The van der Waals surface area contributed by atoms with Crippen LogP contribution in [0, 0.1) is 0 Å². The third kappa shape index (κ3) is 30.2. The number of hydrogen-bond acceptors (Lipinski definition) is 13. The topological polar surface area (TPSA) is 228 Å². The summed E-state index contributed by atoms with van der Waals surface area (Å²) in [6.45, 7) is 2.71. The Balaban J connectivity index is 1.57. The van der Waals surface area contributed by atoms with Gasteiger partial charge in [0, 0.05) is 6.42 Å². The average molecular weight is 1020 g/mol. The highest BCUT2D eigenvalue weighted by molar-refractivity contribution is 5.76. The summed E-state index contributed by atoms with van der Waals surface area (Å²) >= 11 is 0. The van der Waals surface area contributed by atoms with Crippen LogP contribution in [0.1, 0.15) is 251 Å². The molecule has 2 heterocycles. The van der Waals surface area contributed by atoms with Gasteiger partial charge in [0.05, 0.1) is 32.0 Å². The Labute approximate surface area is 431 Å². The van der Waals surface area contributed by atoms with E-state index in [9.17, 15) is 45.6 Å². The summed E-state index contributed by atoms with van der Waals surface area (Å²) in [6.07, 6.45) is 33.5. The number of nitrogens with one attached hydrogen (secondary N) is 1. The molecule has 0 aromatic heterocycles. The summed E-state index contributed by atoms with van der Waals surface area (Å²) in [5.74, 6) is -0.250. The van der Waals surface area contributed by atoms with Gasteiger partial charge in [0.2, 0.25) is 5.91 Å². The maximum Gasteiger partial charge on any atom is 0.220 e. The van der Waals surface area contributed by atoms with Gasteiger partial charge in [-0.05, 0) is 19.3 Å². The number of unbranched alkanes of at least 4 members (excludes halogenated alkanes) is 34. The summed E-state index contributed by atoms with van der Waals surface area (Å²) < 4.78 is 22.6. The van der Waals surface area contributed by atoms with Crippen molar-refractivity contribution >= 4 is 5.91 Å². The smallest absolute Gasteiger partial charge is 0.220 e. The van der Waals surface area contributed by atoms with Gasteiger partial charge in [-0.25, -0.2) is 0 Å². The first-order valence-electron chi connectivity index (χ1n) is 29.4. The summed E-state index contributed by atoms with van der Waals surface area (Å²) in [4.78, 5) is 13.0. The number of hydrogen-bond donors (Lipinski definition) is 9. The third-order valence-electron chi connectivity index (χ3n) is 14.7. The van der Waals surface area contributed by atoms with Crippen molar-refractivity contribution in [2.24, 2.45) is 0 Å². The molecular weight excluding hydrogens is 907 g/mol. The highest BCUT2D eigenvalue weighted by Gasteiger charge is 2.51. The summed E-state index contributed by atoms with van der Waals surface area (Å²) in [5.41, 5.74) is 0. The molecule has 14 nitrogen and oxygen atoms in total. The van der Waals surface area contributed by atoms with E-state index in [-0.39, 0.29) is 18.9 Å². The van der Waals surface area contributed by atoms with Crippen molar-refractivity contribution in [1.82, 2.24) is 5.32 Å². The molecule has 2 aliphatic heterocycles. The van der Waals surface area contributed by atoms with Crippen LogP contribution in [0.4, 0.5) is 0 Å². The fourth-order valence-electron chi connectivity index (χ4n) is 9.94. The van der Waals surface area contributed by atoms with Crippen LogP contribution in [0.2, 0.25) is 0 Å². The van der Waals surface area contributed by atoms with Gasteiger partial charge in [-0.15, -0.1) is 0 Å². The van der Waals surface area contributed by atoms with Crippen molar-refractivity contribution in [3.63, 3.8) is 0 Å². The minimum absolute atomic E-state index is 0.250. The molecule has 12 unspecified atom stereocenters. The number of amides is 1. The number of rotatable bonds is 47. The maximum atomic E-state index is 13.0. The Kier molecular flexibility index (Phi) is 40.7. The first kappa shape index (κ1) is 65.8. The maximum absolute atomic E-state index is 13.0. The van der Waals surface area contributed by atoms with Gasteiger partial charge in [-0.3, -0.25) is 4.79 Å². The van der Waals surface area contributed by atoms with E-state index in [0.717, 1.165) is 44.9 Å². The van der Waals surface area contributed by atoms with Crippen molar-refractivity contribution in [3.05, 3.63) is 12.2 Å². The quantitative estimate of drug-likeness (QED) is 0.0205. The number of aliphatic hydroxyl groups excluding tert-OH is 8. The predicted molar refractivity (Wildman–Crippen MR) is 282 cm³/mol. The molecule has 1 amide bonds. The van der Waals surface area contributed by atoms with E-state index in [1.165, 1.54) is 180 Å². The van der Waals surface area contributed by atoms with Crippen LogP contribution in [0.15, 0.2) is 12.2 Å². The molecule has 0 aromatic rings.